The maximum Gasteiger partial charge on any atom is 0.416 e. The highest BCUT2D eigenvalue weighted by molar-refractivity contribution is 8.07. The second kappa shape index (κ2) is 11.8. The molecule has 5 heteroatoms. The van der Waals surface area contributed by atoms with E-state index in [1.807, 2.05) is 36.6 Å². The van der Waals surface area contributed by atoms with E-state index < -0.39 is 17.5 Å². The predicted molar refractivity (Wildman–Crippen MR) is 122 cm³/mol. The molecule has 0 saturated heterocycles. The molecule has 0 bridgehead atoms. The molecule has 160 valence electrons. The highest BCUT2D eigenvalue weighted by atomic mass is 32.2. The average Bonchev–Trinajstić information content (AvgIpc) is 2.74. The van der Waals surface area contributed by atoms with Crippen LogP contribution >= 0.6 is 11.8 Å². The molecule has 1 nitrogen and oxygen atoms in total. The minimum Gasteiger partial charge on any atom is -0.289 e. The number of alkyl halides is 3. The lowest BCUT2D eigenvalue weighted by molar-refractivity contribution is -0.137. The summed E-state index contributed by atoms with van der Waals surface area (Å²) in [7, 11) is 0. The summed E-state index contributed by atoms with van der Waals surface area (Å²) >= 11 is 1.49. The van der Waals surface area contributed by atoms with Crippen molar-refractivity contribution in [3.63, 3.8) is 0 Å². The second-order valence-corrected chi connectivity index (χ2v) is 7.84. The second-order valence-electron chi connectivity index (χ2n) is 6.99. The molecule has 2 aromatic rings. The van der Waals surface area contributed by atoms with Gasteiger partial charge in [0.1, 0.15) is 0 Å². The molecule has 0 amide bonds. The SMILES string of the molecule is CCCCCC/C=C/C(=O)c1cc(C(F)(F)F)ccc1/C=C(\SC)c1ccccc1. The lowest BCUT2D eigenvalue weighted by Crippen LogP contribution is -2.08. The number of halogens is 3. The first kappa shape index (κ1) is 24.0. The zero-order chi connectivity index (χ0) is 22.0. The minimum absolute atomic E-state index is 0.0668. The number of allylic oxidation sites excluding steroid dienone is 2. The van der Waals surface area contributed by atoms with Crippen LogP contribution in [-0.4, -0.2) is 12.0 Å². The summed E-state index contributed by atoms with van der Waals surface area (Å²) in [5.74, 6) is -0.406. The monoisotopic (exact) mass is 432 g/mol. The molecule has 0 aliphatic rings. The largest absolute Gasteiger partial charge is 0.416 e. The van der Waals surface area contributed by atoms with E-state index in [0.717, 1.165) is 54.7 Å². The van der Waals surface area contributed by atoms with Crippen LogP contribution in [0.4, 0.5) is 13.2 Å². The van der Waals surface area contributed by atoms with Crippen molar-refractivity contribution in [2.45, 2.75) is 45.2 Å². The van der Waals surface area contributed by atoms with Crippen molar-refractivity contribution < 1.29 is 18.0 Å². The third kappa shape index (κ3) is 7.21. The number of hydrogen-bond acceptors (Lipinski definition) is 2. The van der Waals surface area contributed by atoms with Gasteiger partial charge in [-0.05, 0) is 54.5 Å². The summed E-state index contributed by atoms with van der Waals surface area (Å²) in [5.41, 5.74) is 0.688. The highest BCUT2D eigenvalue weighted by Gasteiger charge is 2.31. The van der Waals surface area contributed by atoms with Gasteiger partial charge in [-0.3, -0.25) is 4.79 Å². The Kier molecular flexibility index (Phi) is 9.44. The molecule has 0 aromatic heterocycles. The number of hydrogen-bond donors (Lipinski definition) is 0. The van der Waals surface area contributed by atoms with Gasteiger partial charge >= 0.3 is 6.18 Å². The molecule has 0 fully saturated rings. The van der Waals surface area contributed by atoms with Crippen LogP contribution in [0.2, 0.25) is 0 Å². The Bertz CT molecular complexity index is 883. The first-order valence-electron chi connectivity index (χ1n) is 10.1. The van der Waals surface area contributed by atoms with Crippen LogP contribution in [-0.2, 0) is 6.18 Å². The lowest BCUT2D eigenvalue weighted by atomic mass is 9.98. The summed E-state index contributed by atoms with van der Waals surface area (Å²) in [6, 6.07) is 12.9. The number of benzene rings is 2. The van der Waals surface area contributed by atoms with E-state index >= 15 is 0 Å². The lowest BCUT2D eigenvalue weighted by Gasteiger charge is -2.12. The van der Waals surface area contributed by atoms with E-state index in [1.165, 1.54) is 23.9 Å². The third-order valence-corrected chi connectivity index (χ3v) is 5.50. The zero-order valence-electron chi connectivity index (χ0n) is 17.3. The van der Waals surface area contributed by atoms with E-state index in [-0.39, 0.29) is 5.56 Å². The standard InChI is InChI=1S/C25H27F3OS/c1-3-4-5-6-7-11-14-23(29)22-18-21(25(26,27)28)16-15-20(22)17-24(30-2)19-12-9-8-10-13-19/h8-18H,3-7H2,1-2H3/b14-11+,24-17-. The van der Waals surface area contributed by atoms with Gasteiger partial charge in [0.05, 0.1) is 5.56 Å². The van der Waals surface area contributed by atoms with Crippen LogP contribution in [0.25, 0.3) is 11.0 Å². The molecular weight excluding hydrogens is 405 g/mol. The fourth-order valence-electron chi connectivity index (χ4n) is 3.04. The summed E-state index contributed by atoms with van der Waals surface area (Å²) < 4.78 is 39.7. The molecule has 2 aromatic carbocycles. The van der Waals surface area contributed by atoms with Gasteiger partial charge in [-0.25, -0.2) is 0 Å². The molecule has 0 radical (unpaired) electrons. The van der Waals surface area contributed by atoms with E-state index in [9.17, 15) is 18.0 Å². The molecule has 0 aliphatic heterocycles. The molecule has 0 spiro atoms. The van der Waals surface area contributed by atoms with Gasteiger partial charge in [0, 0.05) is 10.5 Å². The van der Waals surface area contributed by atoms with Crippen molar-refractivity contribution in [1.82, 2.24) is 0 Å². The quantitative estimate of drug-likeness (QED) is 0.163. The van der Waals surface area contributed by atoms with Gasteiger partial charge in [-0.2, -0.15) is 13.2 Å². The number of carbonyl (C=O) groups is 1. The Morgan fingerprint density at radius 1 is 1.03 bits per heavy atom. The van der Waals surface area contributed by atoms with Crippen molar-refractivity contribution in [1.29, 1.82) is 0 Å². The Labute approximate surface area is 181 Å². The highest BCUT2D eigenvalue weighted by Crippen LogP contribution is 2.33. The van der Waals surface area contributed by atoms with Crippen molar-refractivity contribution in [3.05, 3.63) is 82.9 Å². The van der Waals surface area contributed by atoms with Gasteiger partial charge in [0.2, 0.25) is 0 Å². The van der Waals surface area contributed by atoms with Gasteiger partial charge in [-0.15, -0.1) is 11.8 Å². The van der Waals surface area contributed by atoms with Crippen LogP contribution in [0.3, 0.4) is 0 Å². The van der Waals surface area contributed by atoms with Gasteiger partial charge in [-0.1, -0.05) is 68.7 Å². The van der Waals surface area contributed by atoms with Crippen LogP contribution < -0.4 is 0 Å². The zero-order valence-corrected chi connectivity index (χ0v) is 18.2. The smallest absolute Gasteiger partial charge is 0.289 e. The molecule has 0 N–H and O–H groups in total. The molecule has 0 aliphatic carbocycles. The molecule has 0 atom stereocenters. The van der Waals surface area contributed by atoms with Crippen LogP contribution in [0.1, 0.15) is 66.1 Å². The van der Waals surface area contributed by atoms with Gasteiger partial charge in [0.15, 0.2) is 5.78 Å². The van der Waals surface area contributed by atoms with Crippen LogP contribution in [0.5, 0.6) is 0 Å². The average molecular weight is 433 g/mol. The molecule has 0 heterocycles. The number of carbonyl (C=O) groups excluding carboxylic acids is 1. The van der Waals surface area contributed by atoms with Gasteiger partial charge < -0.3 is 0 Å². The van der Waals surface area contributed by atoms with Crippen LogP contribution in [0.15, 0.2) is 60.7 Å². The van der Waals surface area contributed by atoms with Crippen molar-refractivity contribution in [2.75, 3.05) is 6.26 Å². The fourth-order valence-corrected chi connectivity index (χ4v) is 3.66. The van der Waals surface area contributed by atoms with Gasteiger partial charge in [0.25, 0.3) is 0 Å². The van der Waals surface area contributed by atoms with E-state index in [4.69, 9.17) is 0 Å². The maximum absolute atomic E-state index is 13.2. The Balaban J connectivity index is 2.37. The summed E-state index contributed by atoms with van der Waals surface area (Å²) in [5, 5.41) is 0. The molecule has 0 saturated carbocycles. The first-order chi connectivity index (χ1) is 14.4. The topological polar surface area (TPSA) is 17.1 Å². The van der Waals surface area contributed by atoms with E-state index in [2.05, 4.69) is 6.92 Å². The molecule has 0 unspecified atom stereocenters. The minimum atomic E-state index is -4.50. The number of ketones is 1. The normalized spacial score (nSPS) is 12.5. The van der Waals surface area contributed by atoms with E-state index in [0.29, 0.717) is 5.56 Å². The summed E-state index contributed by atoms with van der Waals surface area (Å²) in [6.45, 7) is 2.13. The van der Waals surface area contributed by atoms with Crippen LogP contribution in [0, 0.1) is 0 Å². The number of unbranched alkanes of at least 4 members (excludes halogenated alkanes) is 4. The summed E-state index contributed by atoms with van der Waals surface area (Å²) in [4.78, 5) is 13.6. The Morgan fingerprint density at radius 2 is 1.77 bits per heavy atom. The number of thioether (sulfide) groups is 1. The van der Waals surface area contributed by atoms with Crippen molar-refractivity contribution >= 4 is 28.5 Å². The number of rotatable bonds is 10. The van der Waals surface area contributed by atoms with E-state index in [1.54, 1.807) is 12.2 Å². The Hall–Kier alpha value is -2.27. The predicted octanol–water partition coefficient (Wildman–Crippen LogP) is 8.28. The Morgan fingerprint density at radius 3 is 2.40 bits per heavy atom. The molecule has 30 heavy (non-hydrogen) atoms. The van der Waals surface area contributed by atoms with Crippen molar-refractivity contribution in [3.8, 4) is 0 Å². The van der Waals surface area contributed by atoms with Crippen molar-refractivity contribution in [2.24, 2.45) is 0 Å². The maximum atomic E-state index is 13.2. The fraction of sp³-hybridized carbons (Fsp3) is 0.320. The summed E-state index contributed by atoms with van der Waals surface area (Å²) in [6.07, 6.45) is 7.42. The third-order valence-electron chi connectivity index (χ3n) is 4.70. The molecule has 2 rings (SSSR count). The molecular formula is C25H27F3OS. The first-order valence-corrected chi connectivity index (χ1v) is 11.3.